The number of halogens is 1. The van der Waals surface area contributed by atoms with Crippen LogP contribution in [0.15, 0.2) is 72.8 Å². The molecule has 0 aliphatic heterocycles. The first kappa shape index (κ1) is 17.0. The molecule has 2 atom stereocenters. The van der Waals surface area contributed by atoms with Gasteiger partial charge in [0.1, 0.15) is 12.1 Å². The average Bonchev–Trinajstić information content (AvgIpc) is 2.60. The maximum Gasteiger partial charge on any atom is 0.200 e. The molecule has 0 bridgehead atoms. The van der Waals surface area contributed by atoms with Crippen molar-refractivity contribution >= 4 is 10.8 Å². The monoisotopic (exact) mass is 322 g/mol. The van der Waals surface area contributed by atoms with Crippen LogP contribution >= 0.6 is 0 Å². The number of hydrogen-bond donors (Lipinski definition) is 1. The minimum atomic E-state index is -0.207. The van der Waals surface area contributed by atoms with Gasteiger partial charge in [-0.2, -0.15) is 5.26 Å². The van der Waals surface area contributed by atoms with E-state index in [1.807, 2.05) is 36.4 Å². The Morgan fingerprint density at radius 1 is 0.870 bits per heavy atom. The predicted molar refractivity (Wildman–Crippen MR) is 89.1 cm³/mol. The Bertz CT molecular complexity index is 803. The molecule has 3 rings (SSSR count). The van der Waals surface area contributed by atoms with Gasteiger partial charge in [0.15, 0.2) is 6.04 Å². The molecule has 0 heterocycles. The summed E-state index contributed by atoms with van der Waals surface area (Å²) >= 11 is 0. The maximum absolute atomic E-state index is 9.65. The normalized spacial score (nSPS) is 12.9. The van der Waals surface area contributed by atoms with E-state index in [4.69, 9.17) is 0 Å². The van der Waals surface area contributed by atoms with Gasteiger partial charge in [-0.05, 0) is 17.7 Å². The summed E-state index contributed by atoms with van der Waals surface area (Å²) in [5.74, 6) is 0. The molecule has 116 valence electrons. The van der Waals surface area contributed by atoms with E-state index < -0.39 is 0 Å². The second-order valence-electron chi connectivity index (χ2n) is 5.57. The molecule has 0 aliphatic carbocycles. The van der Waals surface area contributed by atoms with Crippen molar-refractivity contribution in [2.75, 3.05) is 0 Å². The van der Waals surface area contributed by atoms with Crippen molar-refractivity contribution in [3.63, 3.8) is 0 Å². The minimum Gasteiger partial charge on any atom is -1.00 e. The van der Waals surface area contributed by atoms with E-state index >= 15 is 0 Å². The van der Waals surface area contributed by atoms with E-state index in [0.717, 1.165) is 10.9 Å². The summed E-state index contributed by atoms with van der Waals surface area (Å²) in [6.07, 6.45) is 0. The van der Waals surface area contributed by atoms with Gasteiger partial charge in [-0.25, -0.2) is 0 Å². The number of quaternary nitrogens is 1. The summed E-state index contributed by atoms with van der Waals surface area (Å²) < 4.78 is 0. The highest BCUT2D eigenvalue weighted by atomic mass is 35.5. The molecular formula is C20H19ClN2. The van der Waals surface area contributed by atoms with Crippen LogP contribution in [0.5, 0.6) is 0 Å². The quantitative estimate of drug-likeness (QED) is 0.756. The van der Waals surface area contributed by atoms with Gasteiger partial charge >= 0.3 is 0 Å². The van der Waals surface area contributed by atoms with Crippen LogP contribution in [0.3, 0.4) is 0 Å². The van der Waals surface area contributed by atoms with Crippen molar-refractivity contribution in [2.45, 2.75) is 19.0 Å². The van der Waals surface area contributed by atoms with Crippen molar-refractivity contribution in [1.29, 1.82) is 5.26 Å². The molecule has 0 fully saturated rings. The summed E-state index contributed by atoms with van der Waals surface area (Å²) in [4.78, 5) is 0. The lowest BCUT2D eigenvalue weighted by Crippen LogP contribution is -3.00. The number of nitrogens with two attached hydrogens (primary N) is 1. The zero-order valence-electron chi connectivity index (χ0n) is 13.0. The summed E-state index contributed by atoms with van der Waals surface area (Å²) in [5.41, 5.74) is 2.33. The van der Waals surface area contributed by atoms with Crippen LogP contribution in [-0.2, 0) is 0 Å². The predicted octanol–water partition coefficient (Wildman–Crippen LogP) is 0.733. The lowest BCUT2D eigenvalue weighted by atomic mass is 9.98. The van der Waals surface area contributed by atoms with E-state index in [1.54, 1.807) is 0 Å². The Kier molecular flexibility index (Phi) is 5.76. The Hall–Kier alpha value is -2.34. The highest BCUT2D eigenvalue weighted by Crippen LogP contribution is 2.23. The Balaban J connectivity index is 0.00000192. The Morgan fingerprint density at radius 3 is 2.26 bits per heavy atom. The molecule has 0 radical (unpaired) electrons. The minimum absolute atomic E-state index is 0. The first-order chi connectivity index (χ1) is 10.8. The van der Waals surface area contributed by atoms with E-state index in [1.165, 1.54) is 10.9 Å². The number of rotatable bonds is 4. The summed E-state index contributed by atoms with van der Waals surface area (Å²) in [6, 6.07) is 27.2. The van der Waals surface area contributed by atoms with Gasteiger partial charge in [-0.15, -0.1) is 0 Å². The Morgan fingerprint density at radius 2 is 1.52 bits per heavy atom. The number of benzene rings is 3. The molecule has 0 amide bonds. The van der Waals surface area contributed by atoms with Gasteiger partial charge in [0.2, 0.25) is 0 Å². The SMILES string of the molecule is C[C@@H]([NH2+][C@@H](C#N)c1cccc2ccccc12)c1ccccc1.[Cl-]. The van der Waals surface area contributed by atoms with Gasteiger partial charge in [0.25, 0.3) is 0 Å². The lowest BCUT2D eigenvalue weighted by molar-refractivity contribution is -0.719. The largest absolute Gasteiger partial charge is 1.00 e. The molecule has 2 nitrogen and oxygen atoms in total. The zero-order chi connectivity index (χ0) is 15.4. The van der Waals surface area contributed by atoms with Gasteiger partial charge < -0.3 is 17.7 Å². The second kappa shape index (κ2) is 7.78. The molecule has 0 aliphatic rings. The molecule has 0 spiro atoms. The molecule has 23 heavy (non-hydrogen) atoms. The zero-order valence-corrected chi connectivity index (χ0v) is 13.7. The molecule has 0 saturated heterocycles. The third kappa shape index (κ3) is 3.71. The van der Waals surface area contributed by atoms with Crippen molar-refractivity contribution in [2.24, 2.45) is 0 Å². The fourth-order valence-electron chi connectivity index (χ4n) is 2.89. The van der Waals surface area contributed by atoms with Gasteiger partial charge in [-0.3, -0.25) is 0 Å². The lowest BCUT2D eigenvalue weighted by Gasteiger charge is -2.17. The molecule has 3 aromatic rings. The van der Waals surface area contributed by atoms with Crippen LogP contribution in [0.2, 0.25) is 0 Å². The summed E-state index contributed by atoms with van der Waals surface area (Å²) in [5, 5.41) is 14.1. The Labute approximate surface area is 143 Å². The summed E-state index contributed by atoms with van der Waals surface area (Å²) in [6.45, 7) is 2.14. The molecular weight excluding hydrogens is 304 g/mol. The number of nitriles is 1. The van der Waals surface area contributed by atoms with Crippen LogP contribution in [0, 0.1) is 11.3 Å². The van der Waals surface area contributed by atoms with E-state index in [2.05, 4.69) is 54.7 Å². The fraction of sp³-hybridized carbons (Fsp3) is 0.150. The van der Waals surface area contributed by atoms with Crippen LogP contribution < -0.4 is 17.7 Å². The van der Waals surface area contributed by atoms with Gasteiger partial charge in [-0.1, -0.05) is 72.8 Å². The average molecular weight is 323 g/mol. The number of hydrogen-bond acceptors (Lipinski definition) is 1. The van der Waals surface area contributed by atoms with E-state index in [9.17, 15) is 5.26 Å². The molecule has 0 aromatic heterocycles. The molecule has 0 saturated carbocycles. The highest BCUT2D eigenvalue weighted by Gasteiger charge is 2.20. The van der Waals surface area contributed by atoms with E-state index in [-0.39, 0.29) is 24.5 Å². The standard InChI is InChI=1S/C20H18N2.ClH/c1-15(16-8-3-2-4-9-16)22-20(14-21)19-13-7-11-17-10-5-6-12-18(17)19;/h2-13,15,20,22H,1H3;1H/t15-,20+;/m1./s1. The molecule has 3 aromatic carbocycles. The van der Waals surface area contributed by atoms with Gasteiger partial charge in [0.05, 0.1) is 0 Å². The third-order valence-electron chi connectivity index (χ3n) is 4.10. The number of fused-ring (bicyclic) bond motifs is 1. The van der Waals surface area contributed by atoms with Crippen LogP contribution in [0.4, 0.5) is 0 Å². The molecule has 3 heteroatoms. The van der Waals surface area contributed by atoms with Crippen LogP contribution in [0.1, 0.15) is 30.1 Å². The molecule has 2 N–H and O–H groups in total. The number of nitrogens with zero attached hydrogens (tertiary/aromatic N) is 1. The topological polar surface area (TPSA) is 40.4 Å². The molecule has 0 unspecified atom stereocenters. The van der Waals surface area contributed by atoms with Crippen LogP contribution in [0.25, 0.3) is 10.8 Å². The summed E-state index contributed by atoms with van der Waals surface area (Å²) in [7, 11) is 0. The van der Waals surface area contributed by atoms with Crippen molar-refractivity contribution in [3.05, 3.63) is 83.9 Å². The van der Waals surface area contributed by atoms with Crippen LogP contribution in [-0.4, -0.2) is 0 Å². The van der Waals surface area contributed by atoms with Crippen molar-refractivity contribution in [1.82, 2.24) is 0 Å². The smallest absolute Gasteiger partial charge is 0.200 e. The first-order valence-corrected chi connectivity index (χ1v) is 7.57. The first-order valence-electron chi connectivity index (χ1n) is 7.57. The van der Waals surface area contributed by atoms with Crippen molar-refractivity contribution < 1.29 is 17.7 Å². The van der Waals surface area contributed by atoms with Crippen molar-refractivity contribution in [3.8, 4) is 6.07 Å². The highest BCUT2D eigenvalue weighted by molar-refractivity contribution is 5.86. The second-order valence-corrected chi connectivity index (χ2v) is 5.57. The fourth-order valence-corrected chi connectivity index (χ4v) is 2.89. The van der Waals surface area contributed by atoms with Gasteiger partial charge in [0, 0.05) is 11.1 Å². The van der Waals surface area contributed by atoms with E-state index in [0.29, 0.717) is 0 Å². The third-order valence-corrected chi connectivity index (χ3v) is 4.10. The maximum atomic E-state index is 9.65.